The molecule has 98 valence electrons. The van der Waals surface area contributed by atoms with Gasteiger partial charge >= 0.3 is 0 Å². The van der Waals surface area contributed by atoms with E-state index in [0.29, 0.717) is 6.04 Å². The van der Waals surface area contributed by atoms with Crippen molar-refractivity contribution >= 4 is 0 Å². The van der Waals surface area contributed by atoms with Gasteiger partial charge in [-0.15, -0.1) is 0 Å². The van der Waals surface area contributed by atoms with E-state index in [1.165, 1.54) is 43.6 Å². The van der Waals surface area contributed by atoms with E-state index in [-0.39, 0.29) is 0 Å². The predicted molar refractivity (Wildman–Crippen MR) is 75.6 cm³/mol. The maximum absolute atomic E-state index is 2.69. The van der Waals surface area contributed by atoms with Crippen molar-refractivity contribution in [3.05, 3.63) is 35.4 Å². The van der Waals surface area contributed by atoms with Gasteiger partial charge in [0.2, 0.25) is 0 Å². The lowest BCUT2D eigenvalue weighted by Crippen LogP contribution is -2.54. The summed E-state index contributed by atoms with van der Waals surface area (Å²) in [6.45, 7) is 9.58. The van der Waals surface area contributed by atoms with Crippen LogP contribution in [-0.2, 0) is 6.54 Å². The molecule has 2 nitrogen and oxygen atoms in total. The van der Waals surface area contributed by atoms with Gasteiger partial charge in [-0.3, -0.25) is 9.80 Å². The van der Waals surface area contributed by atoms with Crippen LogP contribution in [0.15, 0.2) is 24.3 Å². The molecule has 0 spiro atoms. The highest BCUT2D eigenvalue weighted by Crippen LogP contribution is 2.26. The van der Waals surface area contributed by atoms with Crippen LogP contribution in [-0.4, -0.2) is 41.5 Å². The van der Waals surface area contributed by atoms with Crippen LogP contribution in [0.3, 0.4) is 0 Å². The summed E-state index contributed by atoms with van der Waals surface area (Å²) in [5, 5.41) is 0. The summed E-state index contributed by atoms with van der Waals surface area (Å²) < 4.78 is 0. The van der Waals surface area contributed by atoms with Crippen LogP contribution in [0.1, 0.15) is 30.9 Å². The van der Waals surface area contributed by atoms with Gasteiger partial charge in [0.15, 0.2) is 0 Å². The molecule has 2 fully saturated rings. The normalized spacial score (nSPS) is 29.4. The van der Waals surface area contributed by atoms with Gasteiger partial charge < -0.3 is 0 Å². The fourth-order valence-corrected chi connectivity index (χ4v) is 3.47. The van der Waals surface area contributed by atoms with Crippen LogP contribution < -0.4 is 0 Å². The first-order valence-electron chi connectivity index (χ1n) is 7.26. The molecule has 0 radical (unpaired) electrons. The van der Waals surface area contributed by atoms with E-state index in [2.05, 4.69) is 47.9 Å². The average Bonchev–Trinajstić information content (AvgIpc) is 2.79. The number of aryl methyl sites for hydroxylation is 1. The molecule has 2 aliphatic rings. The average molecular weight is 244 g/mol. The van der Waals surface area contributed by atoms with Gasteiger partial charge in [-0.05, 0) is 44.4 Å². The Hall–Kier alpha value is -0.860. The fourth-order valence-electron chi connectivity index (χ4n) is 3.47. The first kappa shape index (κ1) is 12.2. The van der Waals surface area contributed by atoms with E-state index in [1.54, 1.807) is 0 Å². The zero-order chi connectivity index (χ0) is 12.5. The standard InChI is InChI=1S/C16H24N2/c1-13-6-3-4-7-15(13)11-18-12-16-8-5-9-17(16)10-14(18)2/h3-4,6-7,14,16H,5,8-12H2,1-2H3/t14-,16?/m1/s1. The zero-order valence-electron chi connectivity index (χ0n) is 11.6. The number of nitrogens with zero attached hydrogens (tertiary/aromatic N) is 2. The highest BCUT2D eigenvalue weighted by atomic mass is 15.3. The van der Waals surface area contributed by atoms with E-state index < -0.39 is 0 Å². The molecule has 2 atom stereocenters. The van der Waals surface area contributed by atoms with Crippen LogP contribution in [0, 0.1) is 6.92 Å². The van der Waals surface area contributed by atoms with Crippen molar-refractivity contribution in [2.45, 2.75) is 45.3 Å². The third-order valence-corrected chi connectivity index (χ3v) is 4.70. The number of fused-ring (bicyclic) bond motifs is 1. The van der Waals surface area contributed by atoms with Gasteiger partial charge in [0.05, 0.1) is 0 Å². The van der Waals surface area contributed by atoms with Crippen LogP contribution in [0.25, 0.3) is 0 Å². The van der Waals surface area contributed by atoms with Gasteiger partial charge in [0, 0.05) is 31.7 Å². The minimum absolute atomic E-state index is 0.693. The topological polar surface area (TPSA) is 6.48 Å². The molecule has 0 N–H and O–H groups in total. The molecule has 2 heterocycles. The second kappa shape index (κ2) is 5.02. The molecule has 0 bridgehead atoms. The number of benzene rings is 1. The lowest BCUT2D eigenvalue weighted by atomic mass is 10.0. The minimum atomic E-state index is 0.693. The van der Waals surface area contributed by atoms with E-state index in [1.807, 2.05) is 0 Å². The Bertz CT molecular complexity index is 415. The predicted octanol–water partition coefficient (Wildman–Crippen LogP) is 2.66. The van der Waals surface area contributed by atoms with E-state index >= 15 is 0 Å². The zero-order valence-corrected chi connectivity index (χ0v) is 11.6. The van der Waals surface area contributed by atoms with E-state index in [0.717, 1.165) is 12.6 Å². The molecule has 0 amide bonds. The van der Waals surface area contributed by atoms with Gasteiger partial charge in [0.25, 0.3) is 0 Å². The van der Waals surface area contributed by atoms with Gasteiger partial charge in [-0.2, -0.15) is 0 Å². The maximum atomic E-state index is 2.69. The summed E-state index contributed by atoms with van der Waals surface area (Å²) in [5.41, 5.74) is 2.93. The van der Waals surface area contributed by atoms with Gasteiger partial charge in [0.1, 0.15) is 0 Å². The summed E-state index contributed by atoms with van der Waals surface area (Å²) in [4.78, 5) is 5.37. The molecule has 2 saturated heterocycles. The Morgan fingerprint density at radius 1 is 1.22 bits per heavy atom. The molecule has 0 aromatic heterocycles. The SMILES string of the molecule is Cc1ccccc1CN1CC2CCCN2C[C@H]1C. The molecule has 0 aliphatic carbocycles. The lowest BCUT2D eigenvalue weighted by molar-refractivity contribution is 0.0539. The summed E-state index contributed by atoms with van der Waals surface area (Å²) in [6, 6.07) is 10.3. The minimum Gasteiger partial charge on any atom is -0.298 e. The van der Waals surface area contributed by atoms with Crippen molar-refractivity contribution in [3.8, 4) is 0 Å². The molecule has 2 aliphatic heterocycles. The molecule has 1 aromatic carbocycles. The van der Waals surface area contributed by atoms with Gasteiger partial charge in [-0.25, -0.2) is 0 Å². The molecule has 18 heavy (non-hydrogen) atoms. The number of hydrogen-bond acceptors (Lipinski definition) is 2. The molecular formula is C16H24N2. The lowest BCUT2D eigenvalue weighted by Gasteiger charge is -2.42. The van der Waals surface area contributed by atoms with Crippen molar-refractivity contribution in [2.75, 3.05) is 19.6 Å². The van der Waals surface area contributed by atoms with Crippen molar-refractivity contribution < 1.29 is 0 Å². The highest BCUT2D eigenvalue weighted by molar-refractivity contribution is 5.25. The Morgan fingerprint density at radius 2 is 2.06 bits per heavy atom. The van der Waals surface area contributed by atoms with E-state index in [4.69, 9.17) is 0 Å². The summed E-state index contributed by atoms with van der Waals surface area (Å²) >= 11 is 0. The Labute approximate surface area is 111 Å². The summed E-state index contributed by atoms with van der Waals surface area (Å²) in [5.74, 6) is 0. The second-order valence-electron chi connectivity index (χ2n) is 6.00. The van der Waals surface area contributed by atoms with E-state index in [9.17, 15) is 0 Å². The van der Waals surface area contributed by atoms with Crippen LogP contribution in [0.5, 0.6) is 0 Å². The fraction of sp³-hybridized carbons (Fsp3) is 0.625. The van der Waals surface area contributed by atoms with Crippen LogP contribution >= 0.6 is 0 Å². The first-order valence-corrected chi connectivity index (χ1v) is 7.26. The Kier molecular flexibility index (Phi) is 3.40. The molecular weight excluding hydrogens is 220 g/mol. The largest absolute Gasteiger partial charge is 0.298 e. The third kappa shape index (κ3) is 2.32. The molecule has 3 rings (SSSR count). The van der Waals surface area contributed by atoms with Crippen LogP contribution in [0.2, 0.25) is 0 Å². The maximum Gasteiger partial charge on any atom is 0.0240 e. The highest BCUT2D eigenvalue weighted by Gasteiger charge is 2.34. The molecule has 1 unspecified atom stereocenters. The summed E-state index contributed by atoms with van der Waals surface area (Å²) in [6.07, 6.45) is 2.80. The summed E-state index contributed by atoms with van der Waals surface area (Å²) in [7, 11) is 0. The quantitative estimate of drug-likeness (QED) is 0.789. The monoisotopic (exact) mass is 244 g/mol. The number of piperazine rings is 1. The smallest absolute Gasteiger partial charge is 0.0240 e. The van der Waals surface area contributed by atoms with Crippen molar-refractivity contribution in [2.24, 2.45) is 0 Å². The van der Waals surface area contributed by atoms with Gasteiger partial charge in [-0.1, -0.05) is 24.3 Å². The number of rotatable bonds is 2. The third-order valence-electron chi connectivity index (χ3n) is 4.70. The van der Waals surface area contributed by atoms with Crippen molar-refractivity contribution in [1.29, 1.82) is 0 Å². The molecule has 1 aromatic rings. The Balaban J connectivity index is 1.71. The Morgan fingerprint density at radius 3 is 2.89 bits per heavy atom. The molecule has 0 saturated carbocycles. The molecule has 2 heteroatoms. The first-order chi connectivity index (χ1) is 8.74. The second-order valence-corrected chi connectivity index (χ2v) is 6.00. The van der Waals surface area contributed by atoms with Crippen LogP contribution in [0.4, 0.5) is 0 Å². The number of hydrogen-bond donors (Lipinski definition) is 0. The van der Waals surface area contributed by atoms with Crippen molar-refractivity contribution in [1.82, 2.24) is 9.80 Å². The van der Waals surface area contributed by atoms with Crippen molar-refractivity contribution in [3.63, 3.8) is 0 Å².